The minimum atomic E-state index is -3.52. The largest absolute Gasteiger partial charge is 0.354 e. The number of carbonyl (C=O) groups excluding carboxylic acids is 2. The topological polar surface area (TPSA) is 86.8 Å². The molecule has 9 heteroatoms. The Bertz CT molecular complexity index is 1100. The van der Waals surface area contributed by atoms with Gasteiger partial charge in [-0.05, 0) is 61.6 Å². The SMILES string of the molecule is Cc1cccc(N(CCCC(=O)N(Cc2ccc(Cl)cc2)C(C)C(=O)NCC(C)C)S(C)(=O)=O)c1. The van der Waals surface area contributed by atoms with Crippen LogP contribution in [0.1, 0.15) is 44.7 Å². The molecule has 0 bridgehead atoms. The van der Waals surface area contributed by atoms with Crippen LogP contribution in [0.5, 0.6) is 0 Å². The molecule has 0 radical (unpaired) electrons. The van der Waals surface area contributed by atoms with E-state index in [1.54, 1.807) is 37.3 Å². The van der Waals surface area contributed by atoms with Gasteiger partial charge in [0.15, 0.2) is 0 Å². The van der Waals surface area contributed by atoms with E-state index < -0.39 is 16.1 Å². The summed E-state index contributed by atoms with van der Waals surface area (Å²) in [6, 6.07) is 13.7. The number of hydrogen-bond donors (Lipinski definition) is 1. The van der Waals surface area contributed by atoms with Crippen molar-refractivity contribution in [2.24, 2.45) is 5.92 Å². The zero-order chi connectivity index (χ0) is 26.2. The molecule has 192 valence electrons. The summed E-state index contributed by atoms with van der Waals surface area (Å²) in [5.74, 6) is -0.154. The van der Waals surface area contributed by atoms with Crippen molar-refractivity contribution in [1.29, 1.82) is 0 Å². The molecule has 2 aromatic carbocycles. The predicted molar refractivity (Wildman–Crippen MR) is 142 cm³/mol. The summed E-state index contributed by atoms with van der Waals surface area (Å²) < 4.78 is 26.1. The van der Waals surface area contributed by atoms with Crippen molar-refractivity contribution in [3.8, 4) is 0 Å². The lowest BCUT2D eigenvalue weighted by Gasteiger charge is -2.29. The van der Waals surface area contributed by atoms with Crippen LogP contribution in [0.25, 0.3) is 0 Å². The van der Waals surface area contributed by atoms with Gasteiger partial charge in [0, 0.05) is 31.1 Å². The Morgan fingerprint density at radius 1 is 1.06 bits per heavy atom. The fourth-order valence-electron chi connectivity index (χ4n) is 3.61. The molecule has 0 aliphatic heterocycles. The molecule has 2 aromatic rings. The van der Waals surface area contributed by atoms with Gasteiger partial charge in [0.05, 0.1) is 11.9 Å². The highest BCUT2D eigenvalue weighted by atomic mass is 35.5. The van der Waals surface area contributed by atoms with Gasteiger partial charge in [0.1, 0.15) is 6.04 Å². The first kappa shape index (κ1) is 28.7. The van der Waals surface area contributed by atoms with Gasteiger partial charge in [-0.1, -0.05) is 49.7 Å². The lowest BCUT2D eigenvalue weighted by molar-refractivity contribution is -0.140. The van der Waals surface area contributed by atoms with Crippen LogP contribution in [0, 0.1) is 12.8 Å². The molecule has 0 saturated carbocycles. The Morgan fingerprint density at radius 3 is 2.29 bits per heavy atom. The Kier molecular flexibility index (Phi) is 10.6. The van der Waals surface area contributed by atoms with Gasteiger partial charge < -0.3 is 10.2 Å². The lowest BCUT2D eigenvalue weighted by atomic mass is 10.1. The van der Waals surface area contributed by atoms with Gasteiger partial charge >= 0.3 is 0 Å². The maximum atomic E-state index is 13.3. The van der Waals surface area contributed by atoms with E-state index in [0.717, 1.165) is 17.4 Å². The zero-order valence-electron chi connectivity index (χ0n) is 21.1. The van der Waals surface area contributed by atoms with Crippen LogP contribution in [0.2, 0.25) is 5.02 Å². The Labute approximate surface area is 214 Å². The van der Waals surface area contributed by atoms with Gasteiger partial charge in [-0.2, -0.15) is 0 Å². The number of anilines is 1. The van der Waals surface area contributed by atoms with Crippen LogP contribution in [-0.2, 0) is 26.2 Å². The summed E-state index contributed by atoms with van der Waals surface area (Å²) in [7, 11) is -3.52. The van der Waals surface area contributed by atoms with E-state index in [1.165, 1.54) is 9.21 Å². The summed E-state index contributed by atoms with van der Waals surface area (Å²) in [5, 5.41) is 3.48. The number of halogens is 1. The van der Waals surface area contributed by atoms with Crippen LogP contribution < -0.4 is 9.62 Å². The van der Waals surface area contributed by atoms with E-state index in [9.17, 15) is 18.0 Å². The molecule has 0 aromatic heterocycles. The number of nitrogens with zero attached hydrogens (tertiary/aromatic N) is 2. The first-order chi connectivity index (χ1) is 16.4. The number of aryl methyl sites for hydroxylation is 1. The van der Waals surface area contributed by atoms with E-state index in [-0.39, 0.29) is 37.2 Å². The second kappa shape index (κ2) is 12.9. The first-order valence-electron chi connectivity index (χ1n) is 11.7. The number of amides is 2. The second-order valence-corrected chi connectivity index (χ2v) is 11.6. The highest BCUT2D eigenvalue weighted by Crippen LogP contribution is 2.20. The van der Waals surface area contributed by atoms with Gasteiger partial charge in [-0.3, -0.25) is 13.9 Å². The molecule has 0 spiro atoms. The van der Waals surface area contributed by atoms with Crippen molar-refractivity contribution in [2.45, 2.75) is 53.1 Å². The Hall–Kier alpha value is -2.58. The number of rotatable bonds is 12. The highest BCUT2D eigenvalue weighted by Gasteiger charge is 2.26. The lowest BCUT2D eigenvalue weighted by Crippen LogP contribution is -2.48. The zero-order valence-corrected chi connectivity index (χ0v) is 22.7. The van der Waals surface area contributed by atoms with Gasteiger partial charge in [-0.25, -0.2) is 8.42 Å². The van der Waals surface area contributed by atoms with Crippen LogP contribution in [0.4, 0.5) is 5.69 Å². The molecule has 0 aliphatic carbocycles. The van der Waals surface area contributed by atoms with E-state index >= 15 is 0 Å². The third-order valence-corrected chi connectivity index (χ3v) is 7.01. The van der Waals surface area contributed by atoms with Gasteiger partial charge in [-0.15, -0.1) is 0 Å². The quantitative estimate of drug-likeness (QED) is 0.449. The van der Waals surface area contributed by atoms with Gasteiger partial charge in [0.2, 0.25) is 21.8 Å². The fourth-order valence-corrected chi connectivity index (χ4v) is 4.69. The average Bonchev–Trinajstić information content (AvgIpc) is 2.78. The first-order valence-corrected chi connectivity index (χ1v) is 14.0. The molecular formula is C26H36ClN3O4S. The monoisotopic (exact) mass is 521 g/mol. The number of sulfonamides is 1. The van der Waals surface area contributed by atoms with Crippen LogP contribution in [0.3, 0.4) is 0 Å². The molecule has 0 fully saturated rings. The second-order valence-electron chi connectivity index (χ2n) is 9.24. The minimum Gasteiger partial charge on any atom is -0.354 e. The molecule has 2 rings (SSSR count). The van der Waals surface area contributed by atoms with E-state index in [1.807, 2.05) is 39.0 Å². The maximum Gasteiger partial charge on any atom is 0.242 e. The number of carbonyl (C=O) groups is 2. The van der Waals surface area contributed by atoms with Crippen molar-refractivity contribution >= 4 is 39.1 Å². The number of nitrogens with one attached hydrogen (secondary N) is 1. The van der Waals surface area contributed by atoms with E-state index in [4.69, 9.17) is 11.6 Å². The van der Waals surface area contributed by atoms with Crippen molar-refractivity contribution in [3.63, 3.8) is 0 Å². The summed E-state index contributed by atoms with van der Waals surface area (Å²) in [6.07, 6.45) is 1.58. The molecule has 1 atom stereocenters. The summed E-state index contributed by atoms with van der Waals surface area (Å²) in [5.41, 5.74) is 2.37. The normalized spacial score (nSPS) is 12.3. The molecule has 7 nitrogen and oxygen atoms in total. The smallest absolute Gasteiger partial charge is 0.242 e. The van der Waals surface area contributed by atoms with E-state index in [2.05, 4.69) is 5.32 Å². The molecular weight excluding hydrogens is 486 g/mol. The number of benzene rings is 2. The van der Waals surface area contributed by atoms with E-state index in [0.29, 0.717) is 23.7 Å². The summed E-state index contributed by atoms with van der Waals surface area (Å²) in [6.45, 7) is 8.54. The highest BCUT2D eigenvalue weighted by molar-refractivity contribution is 7.92. The standard InChI is InChI=1S/C26H36ClN3O4S/c1-19(2)17-28-26(32)21(4)29(18-22-11-13-23(27)14-12-22)25(31)10-7-15-30(35(5,33)34)24-9-6-8-20(3)16-24/h6,8-9,11-14,16,19,21H,7,10,15,17-18H2,1-5H3,(H,28,32). The van der Waals surface area contributed by atoms with Crippen LogP contribution in [0.15, 0.2) is 48.5 Å². The number of hydrogen-bond acceptors (Lipinski definition) is 4. The maximum absolute atomic E-state index is 13.3. The third kappa shape index (κ3) is 9.18. The minimum absolute atomic E-state index is 0.104. The molecule has 1 unspecified atom stereocenters. The predicted octanol–water partition coefficient (Wildman–Crippen LogP) is 4.38. The van der Waals surface area contributed by atoms with Gasteiger partial charge in [0.25, 0.3) is 0 Å². The van der Waals surface area contributed by atoms with Crippen molar-refractivity contribution in [3.05, 3.63) is 64.7 Å². The van der Waals surface area contributed by atoms with Crippen molar-refractivity contribution < 1.29 is 18.0 Å². The van der Waals surface area contributed by atoms with Crippen molar-refractivity contribution in [2.75, 3.05) is 23.7 Å². The molecule has 0 aliphatic rings. The summed E-state index contributed by atoms with van der Waals surface area (Å²) in [4.78, 5) is 27.6. The average molecular weight is 522 g/mol. The third-order valence-electron chi connectivity index (χ3n) is 5.56. The molecule has 0 heterocycles. The molecule has 35 heavy (non-hydrogen) atoms. The molecule has 0 saturated heterocycles. The van der Waals surface area contributed by atoms with Crippen molar-refractivity contribution in [1.82, 2.24) is 10.2 Å². The van der Waals surface area contributed by atoms with Crippen LogP contribution >= 0.6 is 11.6 Å². The fraction of sp³-hybridized carbons (Fsp3) is 0.462. The molecule has 2 amide bonds. The Balaban J connectivity index is 2.15. The Morgan fingerprint density at radius 2 is 1.71 bits per heavy atom. The molecule has 1 N–H and O–H groups in total. The van der Waals surface area contributed by atoms with Crippen LogP contribution in [-0.4, -0.2) is 50.5 Å². The summed E-state index contributed by atoms with van der Waals surface area (Å²) >= 11 is 5.99.